The predicted molar refractivity (Wildman–Crippen MR) is 126 cm³/mol. The molecule has 5 rings (SSSR count). The van der Waals surface area contributed by atoms with Gasteiger partial charge in [0.25, 0.3) is 0 Å². The van der Waals surface area contributed by atoms with Crippen molar-refractivity contribution in [2.75, 3.05) is 0 Å². The van der Waals surface area contributed by atoms with Crippen LogP contribution < -0.4 is 0 Å². The first kappa shape index (κ1) is 18.6. The quantitative estimate of drug-likeness (QED) is 0.355. The number of pyridine rings is 1. The van der Waals surface area contributed by atoms with Gasteiger partial charge in [0.15, 0.2) is 5.82 Å². The summed E-state index contributed by atoms with van der Waals surface area (Å²) in [6, 6.07) is 30.5. The Morgan fingerprint density at radius 1 is 0.677 bits per heavy atom. The minimum atomic E-state index is 0.673. The van der Waals surface area contributed by atoms with Crippen LogP contribution in [-0.4, -0.2) is 25.2 Å². The Hall–Kier alpha value is -4.38. The monoisotopic (exact) mass is 401 g/mol. The van der Waals surface area contributed by atoms with Crippen LogP contribution in [0, 0.1) is 0 Å². The number of para-hydroxylation sites is 1. The lowest BCUT2D eigenvalue weighted by atomic mass is 10.1. The zero-order valence-electron chi connectivity index (χ0n) is 16.7. The van der Waals surface area contributed by atoms with Gasteiger partial charge in [-0.15, -0.1) is 5.10 Å². The van der Waals surface area contributed by atoms with Gasteiger partial charge in [-0.3, -0.25) is 0 Å². The third-order valence-electron chi connectivity index (χ3n) is 4.91. The predicted octanol–water partition coefficient (Wildman–Crippen LogP) is 5.69. The van der Waals surface area contributed by atoms with E-state index in [4.69, 9.17) is 0 Å². The van der Waals surface area contributed by atoms with Crippen molar-refractivity contribution in [1.29, 1.82) is 0 Å². The first-order chi connectivity index (χ1) is 15.3. The Morgan fingerprint density at radius 2 is 1.48 bits per heavy atom. The maximum absolute atomic E-state index is 4.67. The molecule has 0 unspecified atom stereocenters. The van der Waals surface area contributed by atoms with E-state index in [1.807, 2.05) is 66.9 Å². The van der Waals surface area contributed by atoms with Gasteiger partial charge >= 0.3 is 0 Å². The number of rotatable bonds is 5. The first-order valence-electron chi connectivity index (χ1n) is 10.0. The summed E-state index contributed by atoms with van der Waals surface area (Å²) in [5.41, 5.74) is 4.98. The second-order valence-electron chi connectivity index (χ2n) is 7.06. The van der Waals surface area contributed by atoms with Crippen LogP contribution in [0.1, 0.15) is 16.8 Å². The van der Waals surface area contributed by atoms with Crippen molar-refractivity contribution < 1.29 is 0 Å². The molecular weight excluding hydrogens is 382 g/mol. The fourth-order valence-corrected chi connectivity index (χ4v) is 3.34. The molecular formula is C26H19N5. The Labute approximate surface area is 180 Å². The fraction of sp³-hybridized carbons (Fsp3) is 0. The van der Waals surface area contributed by atoms with Gasteiger partial charge in [-0.2, -0.15) is 4.68 Å². The number of benzene rings is 3. The summed E-state index contributed by atoms with van der Waals surface area (Å²) < 4.78 is 1.66. The van der Waals surface area contributed by atoms with E-state index in [1.165, 1.54) is 0 Å². The summed E-state index contributed by atoms with van der Waals surface area (Å²) in [6.07, 6.45) is 7.92. The molecule has 0 fully saturated rings. The smallest absolute Gasteiger partial charge is 0.186 e. The van der Waals surface area contributed by atoms with Crippen LogP contribution in [0.2, 0.25) is 0 Å². The molecule has 5 nitrogen and oxygen atoms in total. The third-order valence-corrected chi connectivity index (χ3v) is 4.91. The molecule has 0 bridgehead atoms. The van der Waals surface area contributed by atoms with Crippen LogP contribution >= 0.6 is 0 Å². The molecule has 0 saturated carbocycles. The molecule has 0 aliphatic heterocycles. The molecule has 0 saturated heterocycles. The standard InChI is InChI=1S/C26H19N5/c1-2-7-20(8-3-1)13-14-21-9-6-11-23(19-21)26-28-29-30-31(26)18-17-24-16-15-22-10-4-5-12-25(22)27-24/h1-19H/b14-13?,18-17+. The molecule has 2 aromatic heterocycles. The van der Waals surface area contributed by atoms with Crippen molar-refractivity contribution in [3.63, 3.8) is 0 Å². The van der Waals surface area contributed by atoms with Crippen LogP contribution in [0.3, 0.4) is 0 Å². The molecule has 148 valence electrons. The highest BCUT2D eigenvalue weighted by molar-refractivity contribution is 5.80. The molecule has 0 aliphatic carbocycles. The second-order valence-corrected chi connectivity index (χ2v) is 7.06. The normalized spacial score (nSPS) is 11.6. The average Bonchev–Trinajstić information content (AvgIpc) is 3.31. The molecule has 0 amide bonds. The lowest BCUT2D eigenvalue weighted by molar-refractivity contribution is 0.821. The number of aromatic nitrogens is 5. The highest BCUT2D eigenvalue weighted by atomic mass is 15.5. The molecule has 3 aromatic carbocycles. The van der Waals surface area contributed by atoms with Gasteiger partial charge in [0.05, 0.1) is 11.2 Å². The van der Waals surface area contributed by atoms with Gasteiger partial charge in [0, 0.05) is 17.1 Å². The molecule has 0 aliphatic rings. The van der Waals surface area contributed by atoms with Crippen molar-refractivity contribution in [1.82, 2.24) is 25.2 Å². The Morgan fingerprint density at radius 3 is 2.42 bits per heavy atom. The van der Waals surface area contributed by atoms with Gasteiger partial charge in [0.2, 0.25) is 0 Å². The van der Waals surface area contributed by atoms with E-state index in [2.05, 4.69) is 69.1 Å². The van der Waals surface area contributed by atoms with E-state index in [0.29, 0.717) is 5.82 Å². The van der Waals surface area contributed by atoms with Gasteiger partial charge in [-0.05, 0) is 45.8 Å². The molecule has 0 radical (unpaired) electrons. The van der Waals surface area contributed by atoms with Crippen molar-refractivity contribution in [3.05, 3.63) is 108 Å². The summed E-state index contributed by atoms with van der Waals surface area (Å²) in [7, 11) is 0. The topological polar surface area (TPSA) is 56.5 Å². The lowest BCUT2D eigenvalue weighted by Crippen LogP contribution is -1.94. The van der Waals surface area contributed by atoms with E-state index in [1.54, 1.807) is 4.68 Å². The van der Waals surface area contributed by atoms with Crippen molar-refractivity contribution in [2.24, 2.45) is 0 Å². The number of nitrogens with zero attached hydrogens (tertiary/aromatic N) is 5. The highest BCUT2D eigenvalue weighted by Crippen LogP contribution is 2.20. The molecule has 0 atom stereocenters. The molecule has 5 heteroatoms. The van der Waals surface area contributed by atoms with Crippen LogP contribution in [0.4, 0.5) is 0 Å². The highest BCUT2D eigenvalue weighted by Gasteiger charge is 2.07. The van der Waals surface area contributed by atoms with E-state index >= 15 is 0 Å². The van der Waals surface area contributed by atoms with Crippen LogP contribution in [0.25, 0.3) is 46.7 Å². The summed E-state index contributed by atoms with van der Waals surface area (Å²) in [5.74, 6) is 0.673. The summed E-state index contributed by atoms with van der Waals surface area (Å²) in [4.78, 5) is 4.67. The molecule has 5 aromatic rings. The maximum Gasteiger partial charge on any atom is 0.186 e. The zero-order chi connectivity index (χ0) is 20.9. The van der Waals surface area contributed by atoms with Gasteiger partial charge in [0.1, 0.15) is 0 Å². The largest absolute Gasteiger partial charge is 0.248 e. The number of tetrazole rings is 1. The number of hydrogen-bond acceptors (Lipinski definition) is 4. The van der Waals surface area contributed by atoms with Crippen LogP contribution in [0.5, 0.6) is 0 Å². The Balaban J connectivity index is 1.40. The molecule has 31 heavy (non-hydrogen) atoms. The first-order valence-corrected chi connectivity index (χ1v) is 10.0. The van der Waals surface area contributed by atoms with Crippen molar-refractivity contribution in [2.45, 2.75) is 0 Å². The van der Waals surface area contributed by atoms with E-state index in [0.717, 1.165) is 33.3 Å². The minimum Gasteiger partial charge on any atom is -0.248 e. The molecule has 2 heterocycles. The van der Waals surface area contributed by atoms with E-state index in [-0.39, 0.29) is 0 Å². The second kappa shape index (κ2) is 8.55. The van der Waals surface area contributed by atoms with Gasteiger partial charge in [-0.1, -0.05) is 84.9 Å². The third kappa shape index (κ3) is 4.31. The van der Waals surface area contributed by atoms with Crippen LogP contribution in [-0.2, 0) is 0 Å². The van der Waals surface area contributed by atoms with Gasteiger partial charge < -0.3 is 0 Å². The Bertz CT molecular complexity index is 1380. The van der Waals surface area contributed by atoms with Crippen molar-refractivity contribution >= 4 is 35.3 Å². The van der Waals surface area contributed by atoms with Gasteiger partial charge in [-0.25, -0.2) is 4.98 Å². The summed E-state index contributed by atoms with van der Waals surface area (Å²) in [6.45, 7) is 0. The fourth-order valence-electron chi connectivity index (χ4n) is 3.34. The Kier molecular flexibility index (Phi) is 5.14. The minimum absolute atomic E-state index is 0.673. The SMILES string of the molecule is C(=Cc1cccc(-c2nnnn2/C=C/c2ccc3ccccc3n2)c1)c1ccccc1. The summed E-state index contributed by atoms with van der Waals surface area (Å²) in [5, 5.41) is 13.3. The maximum atomic E-state index is 4.67. The van der Waals surface area contributed by atoms with E-state index < -0.39 is 0 Å². The number of hydrogen-bond donors (Lipinski definition) is 0. The summed E-state index contributed by atoms with van der Waals surface area (Å²) >= 11 is 0. The average molecular weight is 401 g/mol. The number of fused-ring (bicyclic) bond motifs is 1. The molecule has 0 N–H and O–H groups in total. The van der Waals surface area contributed by atoms with E-state index in [9.17, 15) is 0 Å². The van der Waals surface area contributed by atoms with Crippen molar-refractivity contribution in [3.8, 4) is 11.4 Å². The molecule has 0 spiro atoms. The zero-order valence-corrected chi connectivity index (χ0v) is 16.7. The lowest BCUT2D eigenvalue weighted by Gasteiger charge is -2.02. The van der Waals surface area contributed by atoms with Crippen LogP contribution in [0.15, 0.2) is 91.0 Å².